The van der Waals surface area contributed by atoms with E-state index < -0.39 is 0 Å². The van der Waals surface area contributed by atoms with Crippen molar-refractivity contribution in [2.24, 2.45) is 0 Å². The Labute approximate surface area is 319 Å². The van der Waals surface area contributed by atoms with Gasteiger partial charge in [0.1, 0.15) is 11.2 Å². The minimum Gasteiger partial charge on any atom is -0.456 e. The minimum absolute atomic E-state index is 0.905. The van der Waals surface area contributed by atoms with Gasteiger partial charge in [0.25, 0.3) is 0 Å². The highest BCUT2D eigenvalue weighted by molar-refractivity contribution is 6.23. The third-order valence-corrected chi connectivity index (χ3v) is 11.3. The van der Waals surface area contributed by atoms with Gasteiger partial charge in [0.15, 0.2) is 0 Å². The van der Waals surface area contributed by atoms with E-state index in [9.17, 15) is 0 Å². The first-order chi connectivity index (χ1) is 27.3. The molecule has 0 aliphatic heterocycles. The van der Waals surface area contributed by atoms with Crippen molar-refractivity contribution in [2.75, 3.05) is 0 Å². The van der Waals surface area contributed by atoms with Crippen LogP contribution in [-0.2, 0) is 0 Å². The van der Waals surface area contributed by atoms with Gasteiger partial charge in [0.05, 0.1) is 0 Å². The van der Waals surface area contributed by atoms with Gasteiger partial charge in [0.2, 0.25) is 0 Å². The van der Waals surface area contributed by atoms with E-state index in [-0.39, 0.29) is 0 Å². The molecule has 0 saturated heterocycles. The molecule has 0 bridgehead atoms. The fraction of sp³-hybridized carbons (Fsp3) is 0. The zero-order valence-electron chi connectivity index (χ0n) is 30.0. The summed E-state index contributed by atoms with van der Waals surface area (Å²) in [4.78, 5) is 0. The van der Waals surface area contributed by atoms with E-state index in [1.165, 1.54) is 82.4 Å². The van der Waals surface area contributed by atoms with Crippen LogP contribution in [0.3, 0.4) is 0 Å². The number of para-hydroxylation sites is 1. The molecule has 11 rings (SSSR count). The second-order valence-corrected chi connectivity index (χ2v) is 14.4. The molecule has 0 N–H and O–H groups in total. The molecule has 1 aromatic heterocycles. The SMILES string of the molecule is c1ccc(-c2ccccc2-c2c3ccccc3c(-c3cccc(-c4cccc5oc6ccccc6c45)c3)c3ccc(-c4cccc5ccccc45)cc23)cc1. The molecule has 0 radical (unpaired) electrons. The highest BCUT2D eigenvalue weighted by atomic mass is 16.3. The van der Waals surface area contributed by atoms with Gasteiger partial charge < -0.3 is 4.42 Å². The zero-order valence-corrected chi connectivity index (χ0v) is 30.0. The predicted molar refractivity (Wildman–Crippen MR) is 233 cm³/mol. The van der Waals surface area contributed by atoms with Crippen LogP contribution in [0.15, 0.2) is 211 Å². The van der Waals surface area contributed by atoms with E-state index >= 15 is 0 Å². The van der Waals surface area contributed by atoms with Crippen LogP contribution in [0.1, 0.15) is 0 Å². The summed E-state index contributed by atoms with van der Waals surface area (Å²) >= 11 is 0. The van der Waals surface area contributed by atoms with Crippen molar-refractivity contribution in [3.05, 3.63) is 206 Å². The van der Waals surface area contributed by atoms with E-state index in [1.807, 2.05) is 6.07 Å². The van der Waals surface area contributed by atoms with Crippen LogP contribution in [0, 0.1) is 0 Å². The topological polar surface area (TPSA) is 13.1 Å². The third kappa shape index (κ3) is 5.09. The molecule has 0 aliphatic carbocycles. The predicted octanol–water partition coefficient (Wildman–Crippen LogP) is 15.4. The van der Waals surface area contributed by atoms with E-state index in [0.29, 0.717) is 0 Å². The molecule has 11 aromatic rings. The lowest BCUT2D eigenvalue weighted by Gasteiger charge is -2.21. The number of hydrogen-bond acceptors (Lipinski definition) is 1. The number of fused-ring (bicyclic) bond motifs is 6. The van der Waals surface area contributed by atoms with Crippen molar-refractivity contribution >= 4 is 54.3 Å². The molecule has 55 heavy (non-hydrogen) atoms. The van der Waals surface area contributed by atoms with Crippen LogP contribution in [0.5, 0.6) is 0 Å². The Kier molecular flexibility index (Phi) is 7.25. The first kappa shape index (κ1) is 31.3. The average Bonchev–Trinajstić information content (AvgIpc) is 3.65. The van der Waals surface area contributed by atoms with Crippen LogP contribution in [0.4, 0.5) is 0 Å². The molecule has 0 unspecified atom stereocenters. The normalized spacial score (nSPS) is 11.6. The van der Waals surface area contributed by atoms with Crippen molar-refractivity contribution < 1.29 is 4.42 Å². The smallest absolute Gasteiger partial charge is 0.136 e. The van der Waals surface area contributed by atoms with Crippen molar-refractivity contribution in [3.8, 4) is 55.6 Å². The summed E-state index contributed by atoms with van der Waals surface area (Å²) in [5.41, 5.74) is 13.9. The quantitative estimate of drug-likeness (QED) is 0.163. The largest absolute Gasteiger partial charge is 0.456 e. The maximum atomic E-state index is 6.32. The zero-order chi connectivity index (χ0) is 36.3. The molecule has 0 saturated carbocycles. The summed E-state index contributed by atoms with van der Waals surface area (Å²) in [6.07, 6.45) is 0. The van der Waals surface area contributed by atoms with E-state index in [2.05, 4.69) is 200 Å². The van der Waals surface area contributed by atoms with Crippen LogP contribution in [-0.4, -0.2) is 0 Å². The van der Waals surface area contributed by atoms with Crippen molar-refractivity contribution in [1.29, 1.82) is 0 Å². The Balaban J connectivity index is 1.23. The standard InChI is InChI=1S/C54H34O/c1-2-15-35(16-3-1)41-22-6-7-23-44(41)53-46-25-9-8-24-45(46)52(47-32-31-38(34-49(47)53)42-27-13-18-36-17-4-5-21-40(36)42)39-20-12-19-37(33-39)43-28-14-30-51-54(43)48-26-10-11-29-50(48)55-51/h1-34H. The van der Waals surface area contributed by atoms with Gasteiger partial charge in [-0.2, -0.15) is 0 Å². The lowest BCUT2D eigenvalue weighted by atomic mass is 9.82. The van der Waals surface area contributed by atoms with Crippen molar-refractivity contribution in [1.82, 2.24) is 0 Å². The molecule has 256 valence electrons. The third-order valence-electron chi connectivity index (χ3n) is 11.3. The first-order valence-corrected chi connectivity index (χ1v) is 18.9. The highest BCUT2D eigenvalue weighted by Crippen LogP contribution is 2.48. The van der Waals surface area contributed by atoms with Gasteiger partial charge in [-0.05, 0) is 112 Å². The van der Waals surface area contributed by atoms with Crippen LogP contribution in [0.25, 0.3) is 110 Å². The van der Waals surface area contributed by atoms with Crippen LogP contribution in [0.2, 0.25) is 0 Å². The fourth-order valence-corrected chi connectivity index (χ4v) is 8.85. The second kappa shape index (κ2) is 12.7. The second-order valence-electron chi connectivity index (χ2n) is 14.4. The Bertz CT molecular complexity index is 3250. The summed E-state index contributed by atoms with van der Waals surface area (Å²) in [5.74, 6) is 0. The summed E-state index contributed by atoms with van der Waals surface area (Å²) < 4.78 is 6.32. The van der Waals surface area contributed by atoms with Crippen LogP contribution < -0.4 is 0 Å². The summed E-state index contributed by atoms with van der Waals surface area (Å²) in [7, 11) is 0. The molecule has 1 heteroatoms. The van der Waals surface area contributed by atoms with Gasteiger partial charge in [-0.15, -0.1) is 0 Å². The molecule has 1 heterocycles. The Morgan fingerprint density at radius 1 is 0.255 bits per heavy atom. The first-order valence-electron chi connectivity index (χ1n) is 18.9. The average molecular weight is 699 g/mol. The number of benzene rings is 10. The van der Waals surface area contributed by atoms with Gasteiger partial charge in [-0.1, -0.05) is 182 Å². The maximum Gasteiger partial charge on any atom is 0.136 e. The lowest BCUT2D eigenvalue weighted by molar-refractivity contribution is 0.669. The molecule has 0 amide bonds. The van der Waals surface area contributed by atoms with E-state index in [0.717, 1.165) is 27.5 Å². The molecule has 0 atom stereocenters. The minimum atomic E-state index is 0.905. The van der Waals surface area contributed by atoms with Crippen molar-refractivity contribution in [2.45, 2.75) is 0 Å². The number of furan rings is 1. The summed E-state index contributed by atoms with van der Waals surface area (Å²) in [6, 6.07) is 74.9. The van der Waals surface area contributed by atoms with E-state index in [1.54, 1.807) is 0 Å². The highest BCUT2D eigenvalue weighted by Gasteiger charge is 2.21. The summed E-state index contributed by atoms with van der Waals surface area (Å²) in [6.45, 7) is 0. The fourth-order valence-electron chi connectivity index (χ4n) is 8.85. The lowest BCUT2D eigenvalue weighted by Crippen LogP contribution is -1.94. The van der Waals surface area contributed by atoms with Gasteiger partial charge in [0, 0.05) is 10.8 Å². The molecule has 0 aliphatic rings. The van der Waals surface area contributed by atoms with E-state index in [4.69, 9.17) is 4.42 Å². The number of rotatable bonds is 5. The monoisotopic (exact) mass is 698 g/mol. The van der Waals surface area contributed by atoms with Crippen LogP contribution >= 0.6 is 0 Å². The van der Waals surface area contributed by atoms with Gasteiger partial charge >= 0.3 is 0 Å². The molecular formula is C54H34O. The Morgan fingerprint density at radius 3 is 1.67 bits per heavy atom. The maximum absolute atomic E-state index is 6.32. The molecular weight excluding hydrogens is 665 g/mol. The molecule has 10 aromatic carbocycles. The molecule has 0 fully saturated rings. The van der Waals surface area contributed by atoms with Gasteiger partial charge in [-0.3, -0.25) is 0 Å². The Morgan fingerprint density at radius 2 is 0.800 bits per heavy atom. The summed E-state index contributed by atoms with van der Waals surface area (Å²) in [5, 5.41) is 9.71. The molecule has 1 nitrogen and oxygen atoms in total. The number of hydrogen-bond donors (Lipinski definition) is 0. The molecule has 0 spiro atoms. The Hall–Kier alpha value is -7.22. The van der Waals surface area contributed by atoms with Gasteiger partial charge in [-0.25, -0.2) is 0 Å². The van der Waals surface area contributed by atoms with Crippen molar-refractivity contribution in [3.63, 3.8) is 0 Å².